The van der Waals surface area contributed by atoms with Gasteiger partial charge in [-0.3, -0.25) is 4.79 Å². The molecule has 1 aromatic rings. The summed E-state index contributed by atoms with van der Waals surface area (Å²) in [5.74, 6) is -0.981. The Morgan fingerprint density at radius 2 is 1.82 bits per heavy atom. The molecule has 0 aromatic heterocycles. The molecular formula is C9H12N2O5S. The van der Waals surface area contributed by atoms with Gasteiger partial charge in [0.05, 0.1) is 14.2 Å². The summed E-state index contributed by atoms with van der Waals surface area (Å²) >= 11 is 0. The lowest BCUT2D eigenvalue weighted by molar-refractivity contribution is 0.0994. The molecule has 0 atom stereocenters. The van der Waals surface area contributed by atoms with Gasteiger partial charge in [-0.15, -0.1) is 0 Å². The average Bonchev–Trinajstić information content (AvgIpc) is 2.25. The molecule has 1 amide bonds. The predicted molar refractivity (Wildman–Crippen MR) is 59.4 cm³/mol. The number of amides is 1. The number of primary sulfonamides is 1. The molecule has 0 fully saturated rings. The number of methoxy groups -OCH3 is 2. The zero-order valence-corrected chi connectivity index (χ0v) is 10.1. The third-order valence-electron chi connectivity index (χ3n) is 2.06. The molecule has 0 aliphatic rings. The highest BCUT2D eigenvalue weighted by molar-refractivity contribution is 7.89. The van der Waals surface area contributed by atoms with Crippen LogP contribution < -0.4 is 20.3 Å². The number of hydrogen-bond acceptors (Lipinski definition) is 5. The van der Waals surface area contributed by atoms with E-state index in [9.17, 15) is 13.2 Å². The average molecular weight is 260 g/mol. The predicted octanol–water partition coefficient (Wildman–Crippen LogP) is -0.550. The van der Waals surface area contributed by atoms with Gasteiger partial charge in [-0.2, -0.15) is 0 Å². The Bertz CT molecular complexity index is 553. The van der Waals surface area contributed by atoms with E-state index in [0.29, 0.717) is 0 Å². The topological polar surface area (TPSA) is 122 Å². The lowest BCUT2D eigenvalue weighted by Gasteiger charge is -2.13. The second kappa shape index (κ2) is 4.60. The summed E-state index contributed by atoms with van der Waals surface area (Å²) in [6, 6.07) is 2.46. The highest BCUT2D eigenvalue weighted by atomic mass is 32.2. The summed E-state index contributed by atoms with van der Waals surface area (Å²) in [6.07, 6.45) is 0. The van der Waals surface area contributed by atoms with Gasteiger partial charge in [0, 0.05) is 0 Å². The van der Waals surface area contributed by atoms with E-state index in [-0.39, 0.29) is 22.0 Å². The summed E-state index contributed by atoms with van der Waals surface area (Å²) < 4.78 is 32.4. The second-order valence-corrected chi connectivity index (χ2v) is 4.61. The maximum Gasteiger partial charge on any atom is 0.256 e. The van der Waals surface area contributed by atoms with E-state index in [2.05, 4.69) is 0 Å². The summed E-state index contributed by atoms with van der Waals surface area (Å²) in [4.78, 5) is 10.9. The van der Waals surface area contributed by atoms with Gasteiger partial charge in [-0.05, 0) is 12.1 Å². The van der Waals surface area contributed by atoms with E-state index < -0.39 is 15.9 Å². The van der Waals surface area contributed by atoms with E-state index in [1.165, 1.54) is 26.4 Å². The molecule has 0 heterocycles. The minimum Gasteiger partial charge on any atom is -0.496 e. The van der Waals surface area contributed by atoms with Crippen LogP contribution in [-0.4, -0.2) is 28.5 Å². The van der Waals surface area contributed by atoms with Crippen LogP contribution in [-0.2, 0) is 10.0 Å². The van der Waals surface area contributed by atoms with Gasteiger partial charge < -0.3 is 15.2 Å². The maximum atomic E-state index is 11.3. The van der Waals surface area contributed by atoms with Crippen molar-refractivity contribution in [1.82, 2.24) is 0 Å². The van der Waals surface area contributed by atoms with Gasteiger partial charge in [0.1, 0.15) is 16.2 Å². The summed E-state index contributed by atoms with van der Waals surface area (Å²) in [5.41, 5.74) is 4.98. The number of ether oxygens (including phenoxy) is 2. The first-order valence-electron chi connectivity index (χ1n) is 4.40. The number of nitrogens with two attached hydrogens (primary N) is 2. The molecule has 1 rings (SSSR count). The van der Waals surface area contributed by atoms with Crippen molar-refractivity contribution in [3.05, 3.63) is 17.7 Å². The van der Waals surface area contributed by atoms with Crippen molar-refractivity contribution in [3.8, 4) is 11.5 Å². The third-order valence-corrected chi connectivity index (χ3v) is 2.99. The minimum atomic E-state index is -4.01. The van der Waals surface area contributed by atoms with Crippen LogP contribution in [0.3, 0.4) is 0 Å². The molecule has 94 valence electrons. The van der Waals surface area contributed by atoms with E-state index in [0.717, 1.165) is 0 Å². The van der Waals surface area contributed by atoms with Crippen LogP contribution in [0.2, 0.25) is 0 Å². The first-order chi connectivity index (χ1) is 7.82. The number of rotatable bonds is 4. The molecule has 4 N–H and O–H groups in total. The van der Waals surface area contributed by atoms with Crippen LogP contribution >= 0.6 is 0 Å². The van der Waals surface area contributed by atoms with Crippen molar-refractivity contribution < 1.29 is 22.7 Å². The van der Waals surface area contributed by atoms with Crippen molar-refractivity contribution in [2.24, 2.45) is 10.9 Å². The molecule has 0 unspecified atom stereocenters. The number of sulfonamides is 1. The second-order valence-electron chi connectivity index (χ2n) is 3.08. The Kier molecular flexibility index (Phi) is 3.59. The molecule has 0 aliphatic carbocycles. The summed E-state index contributed by atoms with van der Waals surface area (Å²) in [7, 11) is -1.49. The Morgan fingerprint density at radius 3 is 2.18 bits per heavy atom. The highest BCUT2D eigenvalue weighted by Crippen LogP contribution is 2.33. The molecule has 0 aliphatic heterocycles. The lowest BCUT2D eigenvalue weighted by Crippen LogP contribution is -2.19. The Labute approximate surface area is 98.4 Å². The van der Waals surface area contributed by atoms with Crippen LogP contribution in [0.15, 0.2) is 17.0 Å². The molecule has 8 heteroatoms. The number of hydrogen-bond donors (Lipinski definition) is 2. The summed E-state index contributed by atoms with van der Waals surface area (Å²) in [6.45, 7) is 0. The smallest absolute Gasteiger partial charge is 0.256 e. The molecule has 0 saturated carbocycles. The van der Waals surface area contributed by atoms with E-state index in [1.54, 1.807) is 0 Å². The molecule has 7 nitrogen and oxygen atoms in total. The monoisotopic (exact) mass is 260 g/mol. The normalized spacial score (nSPS) is 11.0. The van der Waals surface area contributed by atoms with Crippen molar-refractivity contribution in [2.75, 3.05) is 14.2 Å². The zero-order chi connectivity index (χ0) is 13.2. The molecule has 0 saturated heterocycles. The first-order valence-corrected chi connectivity index (χ1v) is 5.95. The Morgan fingerprint density at radius 1 is 1.24 bits per heavy atom. The molecule has 0 bridgehead atoms. The Hall–Kier alpha value is -1.80. The zero-order valence-electron chi connectivity index (χ0n) is 9.26. The van der Waals surface area contributed by atoms with Crippen molar-refractivity contribution >= 4 is 15.9 Å². The van der Waals surface area contributed by atoms with Gasteiger partial charge >= 0.3 is 0 Å². The minimum absolute atomic E-state index is 0.113. The van der Waals surface area contributed by atoms with E-state index in [4.69, 9.17) is 20.3 Å². The van der Waals surface area contributed by atoms with Crippen molar-refractivity contribution in [1.29, 1.82) is 0 Å². The van der Waals surface area contributed by atoms with Crippen LogP contribution in [0, 0.1) is 0 Å². The van der Waals surface area contributed by atoms with Crippen LogP contribution in [0.5, 0.6) is 11.5 Å². The van der Waals surface area contributed by atoms with Crippen LogP contribution in [0.4, 0.5) is 0 Å². The number of carbonyl (C=O) groups is 1. The quantitative estimate of drug-likeness (QED) is 0.752. The SMILES string of the molecule is COc1ccc(S(N)(=O)=O)c(OC)c1C(N)=O. The fourth-order valence-corrected chi connectivity index (χ4v) is 2.08. The number of primary amides is 1. The highest BCUT2D eigenvalue weighted by Gasteiger charge is 2.24. The van der Waals surface area contributed by atoms with Gasteiger partial charge in [0.2, 0.25) is 10.0 Å². The number of benzene rings is 1. The fraction of sp³-hybridized carbons (Fsp3) is 0.222. The van der Waals surface area contributed by atoms with E-state index in [1.807, 2.05) is 0 Å². The van der Waals surface area contributed by atoms with Gasteiger partial charge in [-0.25, -0.2) is 13.6 Å². The van der Waals surface area contributed by atoms with Gasteiger partial charge in [-0.1, -0.05) is 0 Å². The molecule has 0 radical (unpaired) electrons. The van der Waals surface area contributed by atoms with Gasteiger partial charge in [0.25, 0.3) is 5.91 Å². The van der Waals surface area contributed by atoms with E-state index >= 15 is 0 Å². The maximum absolute atomic E-state index is 11.3. The fourth-order valence-electron chi connectivity index (χ4n) is 1.38. The largest absolute Gasteiger partial charge is 0.496 e. The summed E-state index contributed by atoms with van der Waals surface area (Å²) in [5, 5.41) is 4.99. The first kappa shape index (κ1) is 13.3. The standard InChI is InChI=1S/C9H12N2O5S/c1-15-5-3-4-6(17(11,13)14)8(16-2)7(5)9(10)12/h3-4H,1-2H3,(H2,10,12)(H2,11,13,14). The lowest BCUT2D eigenvalue weighted by atomic mass is 10.1. The molecule has 17 heavy (non-hydrogen) atoms. The van der Waals surface area contributed by atoms with Gasteiger partial charge in [0.15, 0.2) is 5.75 Å². The molecule has 1 aromatic carbocycles. The van der Waals surface area contributed by atoms with Crippen molar-refractivity contribution in [3.63, 3.8) is 0 Å². The van der Waals surface area contributed by atoms with Crippen LogP contribution in [0.25, 0.3) is 0 Å². The van der Waals surface area contributed by atoms with Crippen LogP contribution in [0.1, 0.15) is 10.4 Å². The molecular weight excluding hydrogens is 248 g/mol. The number of carbonyl (C=O) groups excluding carboxylic acids is 1. The third kappa shape index (κ3) is 2.48. The van der Waals surface area contributed by atoms with Crippen molar-refractivity contribution in [2.45, 2.75) is 4.90 Å². The Balaban J connectivity index is 3.70. The molecule has 0 spiro atoms.